The first-order chi connectivity index (χ1) is 19.3. The number of anilines is 1. The van der Waals surface area contributed by atoms with Crippen molar-refractivity contribution in [3.63, 3.8) is 0 Å². The van der Waals surface area contributed by atoms with Crippen LogP contribution in [0, 0.1) is 23.1 Å². The zero-order valence-electron chi connectivity index (χ0n) is 22.5. The number of halogens is 1. The Morgan fingerprint density at radius 2 is 1.75 bits per heavy atom. The number of carbonyl (C=O) groups excluding carboxylic acids is 1. The minimum atomic E-state index is -2.98. The average molecular weight is 565 g/mol. The molecule has 1 aliphatic heterocycles. The van der Waals surface area contributed by atoms with Crippen molar-refractivity contribution in [2.24, 2.45) is 5.92 Å². The number of rotatable bonds is 7. The van der Waals surface area contributed by atoms with Gasteiger partial charge in [-0.15, -0.1) is 0 Å². The second kappa shape index (κ2) is 11.8. The Labute approximate surface area is 234 Å². The maximum absolute atomic E-state index is 13.6. The van der Waals surface area contributed by atoms with Gasteiger partial charge in [0.15, 0.2) is 9.84 Å². The van der Waals surface area contributed by atoms with Gasteiger partial charge in [-0.1, -0.05) is 31.9 Å². The summed E-state index contributed by atoms with van der Waals surface area (Å²) in [5, 5.41) is 12.3. The van der Waals surface area contributed by atoms with Crippen molar-refractivity contribution >= 4 is 21.4 Å². The van der Waals surface area contributed by atoms with Crippen LogP contribution in [0.1, 0.15) is 50.7 Å². The molecule has 1 N–H and O–H groups in total. The van der Waals surface area contributed by atoms with Gasteiger partial charge in [-0.3, -0.25) is 4.79 Å². The topological polar surface area (TPSA) is 116 Å². The van der Waals surface area contributed by atoms with Gasteiger partial charge in [0.2, 0.25) is 11.8 Å². The highest BCUT2D eigenvalue weighted by atomic mass is 32.2. The van der Waals surface area contributed by atoms with Gasteiger partial charge < -0.3 is 14.6 Å². The molecule has 210 valence electrons. The molecule has 1 saturated heterocycles. The predicted octanol–water partition coefficient (Wildman–Crippen LogP) is 5.07. The summed E-state index contributed by atoms with van der Waals surface area (Å²) in [6, 6.07) is 15.3. The Balaban J connectivity index is 1.50. The molecule has 2 heterocycles. The van der Waals surface area contributed by atoms with Crippen molar-refractivity contribution in [1.29, 1.82) is 5.26 Å². The Hall–Kier alpha value is -3.71. The van der Waals surface area contributed by atoms with Crippen LogP contribution in [0.5, 0.6) is 0 Å². The van der Waals surface area contributed by atoms with Crippen LogP contribution in [-0.2, 0) is 14.6 Å². The van der Waals surface area contributed by atoms with Crippen molar-refractivity contribution in [3.05, 3.63) is 60.1 Å². The summed E-state index contributed by atoms with van der Waals surface area (Å²) >= 11 is 0. The largest absolute Gasteiger partial charge is 0.440 e. The van der Waals surface area contributed by atoms with E-state index in [1.165, 1.54) is 12.1 Å². The van der Waals surface area contributed by atoms with Gasteiger partial charge in [0.05, 0.1) is 17.6 Å². The van der Waals surface area contributed by atoms with Crippen LogP contribution >= 0.6 is 0 Å². The molecular weight excluding hydrogens is 531 g/mol. The molecule has 1 saturated carbocycles. The maximum Gasteiger partial charge on any atom is 0.226 e. The van der Waals surface area contributed by atoms with Crippen LogP contribution in [0.3, 0.4) is 0 Å². The van der Waals surface area contributed by atoms with E-state index in [1.54, 1.807) is 12.1 Å². The van der Waals surface area contributed by atoms with Crippen molar-refractivity contribution in [1.82, 2.24) is 10.3 Å². The third-order valence-electron chi connectivity index (χ3n) is 7.91. The number of nitrogens with one attached hydrogen (secondary N) is 1. The molecule has 2 fully saturated rings. The van der Waals surface area contributed by atoms with Gasteiger partial charge in [0.1, 0.15) is 23.3 Å². The third-order valence-corrected chi connectivity index (χ3v) is 9.52. The number of aromatic nitrogens is 1. The highest BCUT2D eigenvalue weighted by Crippen LogP contribution is 2.44. The lowest BCUT2D eigenvalue weighted by atomic mass is 9.76. The summed E-state index contributed by atoms with van der Waals surface area (Å²) in [7, 11) is -2.98. The molecule has 1 aromatic heterocycles. The first-order valence-electron chi connectivity index (χ1n) is 13.8. The second-order valence-corrected chi connectivity index (χ2v) is 12.8. The lowest BCUT2D eigenvalue weighted by Gasteiger charge is -2.30. The lowest BCUT2D eigenvalue weighted by Crippen LogP contribution is -2.41. The van der Waals surface area contributed by atoms with E-state index in [0.29, 0.717) is 48.8 Å². The molecule has 2 aromatic carbocycles. The van der Waals surface area contributed by atoms with Crippen LogP contribution < -0.4 is 10.2 Å². The Bertz CT molecular complexity index is 1480. The maximum atomic E-state index is 13.6. The smallest absolute Gasteiger partial charge is 0.226 e. The fourth-order valence-electron chi connectivity index (χ4n) is 5.57. The molecular formula is C30H33FN4O4S. The van der Waals surface area contributed by atoms with E-state index in [0.717, 1.165) is 30.5 Å². The van der Waals surface area contributed by atoms with Gasteiger partial charge >= 0.3 is 0 Å². The summed E-state index contributed by atoms with van der Waals surface area (Å²) in [6.45, 7) is 2.76. The number of nitrogens with zero attached hydrogens (tertiary/aromatic N) is 3. The Kier molecular flexibility index (Phi) is 8.22. The number of sulfone groups is 1. The summed E-state index contributed by atoms with van der Waals surface area (Å²) in [4.78, 5) is 20.2. The number of carbonyl (C=O) groups is 1. The number of oxazole rings is 1. The SMILES string of the molecule is CCC(C#N)NC(=O)C1CCCCC1c1oc(-c2ccc(F)cc2)nc1-c1ccc(N2CCS(=O)(=O)CC2)cc1. The number of hydrogen-bond donors (Lipinski definition) is 1. The predicted molar refractivity (Wildman–Crippen MR) is 151 cm³/mol. The number of nitriles is 1. The first kappa shape index (κ1) is 27.8. The monoisotopic (exact) mass is 564 g/mol. The second-order valence-electron chi connectivity index (χ2n) is 10.5. The molecule has 10 heteroatoms. The quantitative estimate of drug-likeness (QED) is 0.426. The Morgan fingerprint density at radius 3 is 2.40 bits per heavy atom. The van der Waals surface area contributed by atoms with E-state index in [2.05, 4.69) is 16.3 Å². The van der Waals surface area contributed by atoms with E-state index in [9.17, 15) is 22.9 Å². The van der Waals surface area contributed by atoms with Gasteiger partial charge in [-0.05, 0) is 55.7 Å². The van der Waals surface area contributed by atoms with Crippen molar-refractivity contribution < 1.29 is 22.0 Å². The zero-order chi connectivity index (χ0) is 28.3. The molecule has 1 aliphatic carbocycles. The normalized spacial score (nSPS) is 21.4. The molecule has 3 atom stereocenters. The van der Waals surface area contributed by atoms with Crippen LogP contribution in [0.4, 0.5) is 10.1 Å². The van der Waals surface area contributed by atoms with E-state index >= 15 is 0 Å². The van der Waals surface area contributed by atoms with E-state index in [4.69, 9.17) is 9.40 Å². The van der Waals surface area contributed by atoms with Gasteiger partial charge in [0.25, 0.3) is 0 Å². The highest BCUT2D eigenvalue weighted by molar-refractivity contribution is 7.91. The molecule has 2 aliphatic rings. The van der Waals surface area contributed by atoms with E-state index < -0.39 is 15.9 Å². The van der Waals surface area contributed by atoms with Crippen molar-refractivity contribution in [2.75, 3.05) is 29.5 Å². The van der Waals surface area contributed by atoms with Crippen molar-refractivity contribution in [3.8, 4) is 28.8 Å². The molecule has 0 bridgehead atoms. The fraction of sp³-hybridized carbons (Fsp3) is 0.433. The molecule has 40 heavy (non-hydrogen) atoms. The minimum absolute atomic E-state index is 0.138. The summed E-state index contributed by atoms with van der Waals surface area (Å²) in [5.41, 5.74) is 3.00. The van der Waals surface area contributed by atoms with Crippen molar-refractivity contribution in [2.45, 2.75) is 51.0 Å². The van der Waals surface area contributed by atoms with Crippen LogP contribution in [0.25, 0.3) is 22.7 Å². The molecule has 1 amide bonds. The molecule has 5 rings (SSSR count). The number of benzene rings is 2. The average Bonchev–Trinajstić information content (AvgIpc) is 3.41. The molecule has 0 spiro atoms. The molecule has 3 unspecified atom stereocenters. The Morgan fingerprint density at radius 1 is 1.10 bits per heavy atom. The lowest BCUT2D eigenvalue weighted by molar-refractivity contribution is -0.127. The van der Waals surface area contributed by atoms with Crippen LogP contribution in [-0.4, -0.2) is 49.9 Å². The third kappa shape index (κ3) is 6.04. The summed E-state index contributed by atoms with van der Waals surface area (Å²) in [6.07, 6.45) is 3.80. The molecule has 0 radical (unpaired) electrons. The minimum Gasteiger partial charge on any atom is -0.440 e. The standard InChI is InChI=1S/C30H33FN4O4S/c1-2-23(19-32)33-29(36)26-6-4-3-5-25(26)28-27(34-30(39-28)21-7-11-22(31)12-8-21)20-9-13-24(14-10-20)35-15-17-40(37,38)18-16-35/h7-14,23,25-26H,2-6,15-18H2,1H3,(H,33,36). The van der Waals surface area contributed by atoms with Gasteiger partial charge in [-0.2, -0.15) is 5.26 Å². The highest BCUT2D eigenvalue weighted by Gasteiger charge is 2.37. The molecule has 8 nitrogen and oxygen atoms in total. The summed E-state index contributed by atoms with van der Waals surface area (Å²) < 4.78 is 43.7. The zero-order valence-corrected chi connectivity index (χ0v) is 23.3. The summed E-state index contributed by atoms with van der Waals surface area (Å²) in [5.74, 6) is 0.137. The number of hydrogen-bond acceptors (Lipinski definition) is 7. The van der Waals surface area contributed by atoms with E-state index in [1.807, 2.05) is 31.2 Å². The van der Waals surface area contributed by atoms with Crippen LogP contribution in [0.2, 0.25) is 0 Å². The van der Waals surface area contributed by atoms with Gasteiger partial charge in [0, 0.05) is 41.7 Å². The van der Waals surface area contributed by atoms with Crippen LogP contribution in [0.15, 0.2) is 52.9 Å². The number of amides is 1. The fourth-order valence-corrected chi connectivity index (χ4v) is 6.77. The first-order valence-corrected chi connectivity index (χ1v) is 15.6. The molecule has 3 aromatic rings. The van der Waals surface area contributed by atoms with E-state index in [-0.39, 0.29) is 35.1 Å². The van der Waals surface area contributed by atoms with Gasteiger partial charge in [-0.25, -0.2) is 17.8 Å².